The van der Waals surface area contributed by atoms with Gasteiger partial charge in [-0.2, -0.15) is 0 Å². The number of hydrazine groups is 1. The highest BCUT2D eigenvalue weighted by Gasteiger charge is 2.13. The maximum absolute atomic E-state index is 11.4. The Kier molecular flexibility index (Phi) is 4.36. The molecule has 1 heterocycles. The van der Waals surface area contributed by atoms with Gasteiger partial charge in [0.05, 0.1) is 10.9 Å². The standard InChI is InChI=1S/C13H16N2O2S2/c1-19(16,17)12-6-4-10(5-7-12)13(15-14)9-11-3-2-8-18-11/h2-8,13,15H,9,14H2,1H3. The molecule has 4 nitrogen and oxygen atoms in total. The highest BCUT2D eigenvalue weighted by molar-refractivity contribution is 7.90. The van der Waals surface area contributed by atoms with Gasteiger partial charge in [-0.15, -0.1) is 11.3 Å². The van der Waals surface area contributed by atoms with Crippen LogP contribution in [0.2, 0.25) is 0 Å². The van der Waals surface area contributed by atoms with Crippen molar-refractivity contribution in [3.63, 3.8) is 0 Å². The average molecular weight is 296 g/mol. The van der Waals surface area contributed by atoms with Crippen molar-refractivity contribution in [2.75, 3.05) is 6.26 Å². The average Bonchev–Trinajstić information content (AvgIpc) is 2.88. The molecule has 0 aliphatic rings. The smallest absolute Gasteiger partial charge is 0.175 e. The van der Waals surface area contributed by atoms with E-state index in [0.29, 0.717) is 4.90 Å². The summed E-state index contributed by atoms with van der Waals surface area (Å²) in [7, 11) is -3.15. The maximum Gasteiger partial charge on any atom is 0.175 e. The summed E-state index contributed by atoms with van der Waals surface area (Å²) < 4.78 is 22.8. The minimum Gasteiger partial charge on any atom is -0.271 e. The fraction of sp³-hybridized carbons (Fsp3) is 0.231. The van der Waals surface area contributed by atoms with Crippen LogP contribution in [0, 0.1) is 0 Å². The van der Waals surface area contributed by atoms with Crippen molar-refractivity contribution in [3.05, 3.63) is 52.2 Å². The number of hydrogen-bond acceptors (Lipinski definition) is 5. The number of rotatable bonds is 5. The van der Waals surface area contributed by atoms with Gasteiger partial charge in [0.25, 0.3) is 0 Å². The van der Waals surface area contributed by atoms with Crippen molar-refractivity contribution < 1.29 is 8.42 Å². The first-order valence-electron chi connectivity index (χ1n) is 5.79. The topological polar surface area (TPSA) is 72.2 Å². The summed E-state index contributed by atoms with van der Waals surface area (Å²) in [6.45, 7) is 0. The molecule has 0 aliphatic carbocycles. The predicted octanol–water partition coefficient (Wildman–Crippen LogP) is 1.90. The van der Waals surface area contributed by atoms with E-state index in [1.165, 1.54) is 11.1 Å². The Bertz CT molecular complexity index is 619. The maximum atomic E-state index is 11.4. The molecule has 0 bridgehead atoms. The molecule has 0 spiro atoms. The Hall–Kier alpha value is -1.21. The van der Waals surface area contributed by atoms with Gasteiger partial charge >= 0.3 is 0 Å². The van der Waals surface area contributed by atoms with Crippen LogP contribution in [0.25, 0.3) is 0 Å². The zero-order valence-corrected chi connectivity index (χ0v) is 12.2. The Morgan fingerprint density at radius 1 is 1.26 bits per heavy atom. The van der Waals surface area contributed by atoms with Crippen LogP contribution in [0.4, 0.5) is 0 Å². The number of nitrogens with two attached hydrogens (primary N) is 1. The summed E-state index contributed by atoms with van der Waals surface area (Å²) in [6, 6.07) is 10.9. The van der Waals surface area contributed by atoms with Gasteiger partial charge in [-0.25, -0.2) is 8.42 Å². The van der Waals surface area contributed by atoms with Crippen LogP contribution in [0.3, 0.4) is 0 Å². The molecule has 3 N–H and O–H groups in total. The third-order valence-electron chi connectivity index (χ3n) is 2.90. The third kappa shape index (κ3) is 3.63. The summed E-state index contributed by atoms with van der Waals surface area (Å²) in [5, 5.41) is 2.02. The molecule has 19 heavy (non-hydrogen) atoms. The van der Waals surface area contributed by atoms with E-state index in [4.69, 9.17) is 5.84 Å². The van der Waals surface area contributed by atoms with E-state index in [-0.39, 0.29) is 6.04 Å². The summed E-state index contributed by atoms with van der Waals surface area (Å²) >= 11 is 1.68. The number of hydrogen-bond donors (Lipinski definition) is 2. The fourth-order valence-electron chi connectivity index (χ4n) is 1.85. The summed E-state index contributed by atoms with van der Waals surface area (Å²) in [5.41, 5.74) is 3.75. The third-order valence-corrected chi connectivity index (χ3v) is 4.92. The lowest BCUT2D eigenvalue weighted by atomic mass is 10.0. The molecule has 2 rings (SSSR count). The highest BCUT2D eigenvalue weighted by Crippen LogP contribution is 2.22. The lowest BCUT2D eigenvalue weighted by molar-refractivity contribution is 0.555. The number of benzene rings is 1. The van der Waals surface area contributed by atoms with E-state index in [1.807, 2.05) is 11.4 Å². The molecule has 0 radical (unpaired) electrons. The summed E-state index contributed by atoms with van der Waals surface area (Å²) in [6.07, 6.45) is 1.98. The largest absolute Gasteiger partial charge is 0.271 e. The minimum atomic E-state index is -3.15. The molecule has 1 atom stereocenters. The summed E-state index contributed by atoms with van der Waals surface area (Å²) in [5.74, 6) is 5.58. The van der Waals surface area contributed by atoms with E-state index >= 15 is 0 Å². The minimum absolute atomic E-state index is 0.0211. The number of sulfone groups is 1. The van der Waals surface area contributed by atoms with Crippen LogP contribution in [-0.4, -0.2) is 14.7 Å². The van der Waals surface area contributed by atoms with Crippen LogP contribution in [0.15, 0.2) is 46.7 Å². The second-order valence-electron chi connectivity index (χ2n) is 4.34. The van der Waals surface area contributed by atoms with Crippen molar-refractivity contribution >= 4 is 21.2 Å². The van der Waals surface area contributed by atoms with Crippen LogP contribution < -0.4 is 11.3 Å². The molecule has 102 valence electrons. The molecular formula is C13H16N2O2S2. The van der Waals surface area contributed by atoms with Crippen molar-refractivity contribution in [2.24, 2.45) is 5.84 Å². The van der Waals surface area contributed by atoms with Crippen LogP contribution in [0.1, 0.15) is 16.5 Å². The van der Waals surface area contributed by atoms with E-state index in [2.05, 4.69) is 11.5 Å². The van der Waals surface area contributed by atoms with Crippen molar-refractivity contribution in [3.8, 4) is 0 Å². The van der Waals surface area contributed by atoms with Gasteiger partial charge in [0.15, 0.2) is 9.84 Å². The van der Waals surface area contributed by atoms with Gasteiger partial charge < -0.3 is 0 Å². The van der Waals surface area contributed by atoms with E-state index in [0.717, 1.165) is 12.0 Å². The lowest BCUT2D eigenvalue weighted by Crippen LogP contribution is -2.29. The molecule has 0 aliphatic heterocycles. The highest BCUT2D eigenvalue weighted by atomic mass is 32.2. The van der Waals surface area contributed by atoms with Crippen LogP contribution in [-0.2, 0) is 16.3 Å². The fourth-order valence-corrected chi connectivity index (χ4v) is 3.23. The monoisotopic (exact) mass is 296 g/mol. The Labute approximate surface area is 117 Å². The molecule has 0 fully saturated rings. The van der Waals surface area contributed by atoms with Gasteiger partial charge in [-0.05, 0) is 29.1 Å². The Morgan fingerprint density at radius 3 is 2.42 bits per heavy atom. The van der Waals surface area contributed by atoms with Crippen molar-refractivity contribution in [1.82, 2.24) is 5.43 Å². The SMILES string of the molecule is CS(=O)(=O)c1ccc(C(Cc2cccs2)NN)cc1. The van der Waals surface area contributed by atoms with Gasteiger partial charge in [0.1, 0.15) is 0 Å². The Balaban J connectivity index is 2.20. The number of thiophene rings is 1. The van der Waals surface area contributed by atoms with Gasteiger partial charge in [-0.1, -0.05) is 18.2 Å². The van der Waals surface area contributed by atoms with Gasteiger partial charge in [0, 0.05) is 17.6 Å². The van der Waals surface area contributed by atoms with Crippen molar-refractivity contribution in [1.29, 1.82) is 0 Å². The normalized spacial score (nSPS) is 13.4. The molecule has 0 amide bonds. The predicted molar refractivity (Wildman–Crippen MR) is 77.6 cm³/mol. The van der Waals surface area contributed by atoms with Crippen molar-refractivity contribution in [2.45, 2.75) is 17.4 Å². The molecule has 0 saturated carbocycles. The van der Waals surface area contributed by atoms with E-state index < -0.39 is 9.84 Å². The molecule has 1 aromatic heterocycles. The molecular weight excluding hydrogens is 280 g/mol. The molecule has 1 aromatic carbocycles. The second-order valence-corrected chi connectivity index (χ2v) is 7.39. The zero-order chi connectivity index (χ0) is 13.9. The lowest BCUT2D eigenvalue weighted by Gasteiger charge is -2.15. The molecule has 6 heteroatoms. The zero-order valence-electron chi connectivity index (χ0n) is 10.5. The first kappa shape index (κ1) is 14.2. The molecule has 2 aromatic rings. The second kappa shape index (κ2) is 5.83. The first-order valence-corrected chi connectivity index (χ1v) is 8.56. The number of nitrogens with one attached hydrogen (secondary N) is 1. The van der Waals surface area contributed by atoms with Crippen LogP contribution >= 0.6 is 11.3 Å². The quantitative estimate of drug-likeness (QED) is 0.653. The molecule has 0 saturated heterocycles. The van der Waals surface area contributed by atoms with E-state index in [9.17, 15) is 8.42 Å². The Morgan fingerprint density at radius 2 is 1.95 bits per heavy atom. The van der Waals surface area contributed by atoms with Gasteiger partial charge in [0.2, 0.25) is 0 Å². The van der Waals surface area contributed by atoms with E-state index in [1.54, 1.807) is 35.6 Å². The first-order chi connectivity index (χ1) is 9.00. The van der Waals surface area contributed by atoms with Gasteiger partial charge in [-0.3, -0.25) is 11.3 Å². The molecule has 1 unspecified atom stereocenters. The summed E-state index contributed by atoms with van der Waals surface area (Å²) in [4.78, 5) is 1.55. The van der Waals surface area contributed by atoms with Crippen LogP contribution in [0.5, 0.6) is 0 Å².